The van der Waals surface area contributed by atoms with Gasteiger partial charge in [-0.05, 0) is 28.4 Å². The van der Waals surface area contributed by atoms with E-state index in [1.807, 2.05) is 0 Å². The van der Waals surface area contributed by atoms with Crippen molar-refractivity contribution < 1.29 is 19.2 Å². The third kappa shape index (κ3) is 6.19. The van der Waals surface area contributed by atoms with E-state index in [1.165, 1.54) is 18.2 Å². The van der Waals surface area contributed by atoms with Crippen molar-refractivity contribution in [3.8, 4) is 0 Å². The number of non-ortho nitro benzene ring substituents is 1. The minimum Gasteiger partial charge on any atom is -0.382 e. The molecule has 0 aromatic heterocycles. The summed E-state index contributed by atoms with van der Waals surface area (Å²) in [5.41, 5.74) is 0.121. The quantitative estimate of drug-likeness (QED) is 0.413. The van der Waals surface area contributed by atoms with Crippen LogP contribution >= 0.6 is 15.9 Å². The van der Waals surface area contributed by atoms with Crippen molar-refractivity contribution in [2.75, 3.05) is 33.5 Å². The largest absolute Gasteiger partial charge is 0.382 e. The molecule has 0 fully saturated rings. The van der Waals surface area contributed by atoms with Crippen LogP contribution in [0, 0.1) is 10.1 Å². The van der Waals surface area contributed by atoms with E-state index in [0.717, 1.165) is 0 Å². The Hall–Kier alpha value is -1.51. The third-order valence-electron chi connectivity index (χ3n) is 2.59. The zero-order chi connectivity index (χ0) is 15.7. The van der Waals surface area contributed by atoms with Gasteiger partial charge in [0, 0.05) is 36.9 Å². The molecule has 0 unspecified atom stereocenters. The fourth-order valence-corrected chi connectivity index (χ4v) is 1.94. The first kappa shape index (κ1) is 17.5. The molecule has 7 nitrogen and oxygen atoms in total. The molecule has 0 saturated heterocycles. The molecule has 8 heteroatoms. The predicted molar refractivity (Wildman–Crippen MR) is 80.4 cm³/mol. The maximum atomic E-state index is 12.0. The van der Waals surface area contributed by atoms with Crippen LogP contribution in [0.3, 0.4) is 0 Å². The van der Waals surface area contributed by atoms with E-state index in [0.29, 0.717) is 37.3 Å². The topological polar surface area (TPSA) is 90.7 Å². The summed E-state index contributed by atoms with van der Waals surface area (Å²) in [7, 11) is 1.60. The number of amides is 1. The van der Waals surface area contributed by atoms with Gasteiger partial charge in [-0.3, -0.25) is 14.9 Å². The van der Waals surface area contributed by atoms with E-state index in [1.54, 1.807) is 7.11 Å². The Labute approximate surface area is 130 Å². The molecule has 0 aliphatic rings. The Balaban J connectivity index is 2.41. The number of methoxy groups -OCH3 is 1. The van der Waals surface area contributed by atoms with Gasteiger partial charge in [-0.1, -0.05) is 0 Å². The second-order valence-electron chi connectivity index (χ2n) is 4.14. The monoisotopic (exact) mass is 360 g/mol. The number of nitrogens with zero attached hydrogens (tertiary/aromatic N) is 1. The number of nitrogens with one attached hydrogen (secondary N) is 1. The Morgan fingerprint density at radius 2 is 2.14 bits per heavy atom. The number of hydrogen-bond acceptors (Lipinski definition) is 5. The Bertz CT molecular complexity index is 495. The summed E-state index contributed by atoms with van der Waals surface area (Å²) in [6, 6.07) is 4.07. The number of hydrogen-bond donors (Lipinski definition) is 1. The molecule has 116 valence electrons. The Morgan fingerprint density at radius 1 is 1.38 bits per heavy atom. The molecule has 1 amide bonds. The summed E-state index contributed by atoms with van der Waals surface area (Å²) in [6.07, 6.45) is 0.655. The molecular formula is C13H17BrN2O5. The van der Waals surface area contributed by atoms with Crippen LogP contribution in [0.4, 0.5) is 5.69 Å². The van der Waals surface area contributed by atoms with Crippen molar-refractivity contribution in [1.29, 1.82) is 0 Å². The van der Waals surface area contributed by atoms with Gasteiger partial charge in [0.2, 0.25) is 0 Å². The van der Waals surface area contributed by atoms with E-state index in [4.69, 9.17) is 9.47 Å². The van der Waals surface area contributed by atoms with E-state index >= 15 is 0 Å². The van der Waals surface area contributed by atoms with Crippen LogP contribution in [0.5, 0.6) is 0 Å². The second kappa shape index (κ2) is 9.43. The summed E-state index contributed by atoms with van der Waals surface area (Å²) in [5.74, 6) is -0.359. The second-order valence-corrected chi connectivity index (χ2v) is 4.99. The first-order chi connectivity index (χ1) is 10.1. The molecule has 1 rings (SSSR count). The van der Waals surface area contributed by atoms with Gasteiger partial charge in [0.05, 0.1) is 23.7 Å². The molecule has 0 bridgehead atoms. The molecule has 0 heterocycles. The zero-order valence-corrected chi connectivity index (χ0v) is 13.2. The van der Waals surface area contributed by atoms with Crippen molar-refractivity contribution >= 4 is 27.5 Å². The van der Waals surface area contributed by atoms with Gasteiger partial charge in [0.1, 0.15) is 0 Å². The fraction of sp³-hybridized carbons (Fsp3) is 0.462. The molecule has 0 spiro atoms. The van der Waals surface area contributed by atoms with Crippen LogP contribution in [0.15, 0.2) is 22.7 Å². The number of nitro groups is 1. The highest BCUT2D eigenvalue weighted by Crippen LogP contribution is 2.22. The fourth-order valence-electron chi connectivity index (χ4n) is 1.52. The highest BCUT2D eigenvalue weighted by Gasteiger charge is 2.14. The zero-order valence-electron chi connectivity index (χ0n) is 11.6. The van der Waals surface area contributed by atoms with Crippen LogP contribution in [0.25, 0.3) is 0 Å². The van der Waals surface area contributed by atoms with Crippen molar-refractivity contribution in [1.82, 2.24) is 5.32 Å². The highest BCUT2D eigenvalue weighted by molar-refractivity contribution is 9.10. The SMILES string of the molecule is COCCOCCCNC(=O)c1cc([N+](=O)[O-])ccc1Br. The molecule has 0 radical (unpaired) electrons. The normalized spacial score (nSPS) is 10.4. The Kier molecular flexibility index (Phi) is 7.88. The third-order valence-corrected chi connectivity index (χ3v) is 3.28. The number of ether oxygens (including phenoxy) is 2. The maximum absolute atomic E-state index is 12.0. The van der Waals surface area contributed by atoms with Gasteiger partial charge in [-0.2, -0.15) is 0 Å². The van der Waals surface area contributed by atoms with Crippen LogP contribution in [-0.2, 0) is 9.47 Å². The van der Waals surface area contributed by atoms with Crippen molar-refractivity contribution in [3.63, 3.8) is 0 Å². The van der Waals surface area contributed by atoms with E-state index in [9.17, 15) is 14.9 Å². The van der Waals surface area contributed by atoms with Crippen molar-refractivity contribution in [2.24, 2.45) is 0 Å². The minimum atomic E-state index is -0.535. The van der Waals surface area contributed by atoms with Gasteiger partial charge < -0.3 is 14.8 Å². The summed E-state index contributed by atoms with van der Waals surface area (Å²) in [5, 5.41) is 13.4. The first-order valence-electron chi connectivity index (χ1n) is 6.35. The number of benzene rings is 1. The molecular weight excluding hydrogens is 344 g/mol. The van der Waals surface area contributed by atoms with Gasteiger partial charge >= 0.3 is 0 Å². The predicted octanol–water partition coefficient (Wildman–Crippen LogP) is 2.14. The van der Waals surface area contributed by atoms with Crippen LogP contribution in [-0.4, -0.2) is 44.3 Å². The molecule has 0 aliphatic carbocycles. The maximum Gasteiger partial charge on any atom is 0.270 e. The molecule has 1 aromatic rings. The van der Waals surface area contributed by atoms with Gasteiger partial charge in [-0.15, -0.1) is 0 Å². The van der Waals surface area contributed by atoms with Crippen LogP contribution < -0.4 is 5.32 Å². The molecule has 1 aromatic carbocycles. The lowest BCUT2D eigenvalue weighted by Gasteiger charge is -2.07. The average molecular weight is 361 g/mol. The molecule has 0 atom stereocenters. The summed E-state index contributed by atoms with van der Waals surface area (Å²) in [6.45, 7) is 1.99. The number of nitro benzene ring substituents is 1. The summed E-state index contributed by atoms with van der Waals surface area (Å²) >= 11 is 3.21. The molecule has 1 N–H and O–H groups in total. The number of carbonyl (C=O) groups is 1. The van der Waals surface area contributed by atoms with Gasteiger partial charge in [0.15, 0.2) is 0 Å². The Morgan fingerprint density at radius 3 is 2.81 bits per heavy atom. The molecule has 0 aliphatic heterocycles. The van der Waals surface area contributed by atoms with Crippen molar-refractivity contribution in [2.45, 2.75) is 6.42 Å². The lowest BCUT2D eigenvalue weighted by atomic mass is 10.2. The van der Waals surface area contributed by atoms with Gasteiger partial charge in [-0.25, -0.2) is 0 Å². The smallest absolute Gasteiger partial charge is 0.270 e. The molecule has 21 heavy (non-hydrogen) atoms. The average Bonchev–Trinajstić information content (AvgIpc) is 2.46. The molecule has 0 saturated carbocycles. The van der Waals surface area contributed by atoms with Crippen molar-refractivity contribution in [3.05, 3.63) is 38.3 Å². The standard InChI is InChI=1S/C13H17BrN2O5/c1-20-7-8-21-6-2-5-15-13(17)11-9-10(16(18)19)3-4-12(11)14/h3-4,9H,2,5-8H2,1H3,(H,15,17). The number of rotatable bonds is 9. The van der Waals surface area contributed by atoms with E-state index < -0.39 is 4.92 Å². The lowest BCUT2D eigenvalue weighted by Crippen LogP contribution is -2.25. The number of halogens is 1. The summed E-state index contributed by atoms with van der Waals surface area (Å²) in [4.78, 5) is 22.1. The van der Waals surface area contributed by atoms with E-state index in [2.05, 4.69) is 21.2 Å². The van der Waals surface area contributed by atoms with E-state index in [-0.39, 0.29) is 17.2 Å². The first-order valence-corrected chi connectivity index (χ1v) is 7.14. The van der Waals surface area contributed by atoms with Gasteiger partial charge in [0.25, 0.3) is 11.6 Å². The minimum absolute atomic E-state index is 0.119. The highest BCUT2D eigenvalue weighted by atomic mass is 79.9. The number of carbonyl (C=O) groups excluding carboxylic acids is 1. The summed E-state index contributed by atoms with van der Waals surface area (Å²) < 4.78 is 10.6. The van der Waals surface area contributed by atoms with Crippen LogP contribution in [0.1, 0.15) is 16.8 Å². The van der Waals surface area contributed by atoms with Crippen LogP contribution in [0.2, 0.25) is 0 Å². The lowest BCUT2D eigenvalue weighted by molar-refractivity contribution is -0.384.